The number of anilines is 1. The third kappa shape index (κ3) is 4.08. The maximum absolute atomic E-state index is 15.0. The van der Waals surface area contributed by atoms with Gasteiger partial charge in [-0.1, -0.05) is 43.0 Å². The summed E-state index contributed by atoms with van der Waals surface area (Å²) < 4.78 is 30.0. The molecular formula is C26H21F2N3O2. The first kappa shape index (κ1) is 22.2. The average molecular weight is 445 g/mol. The highest BCUT2D eigenvalue weighted by Gasteiger charge is 2.50. The summed E-state index contributed by atoms with van der Waals surface area (Å²) in [5.41, 5.74) is -0.370. The molecule has 2 heterocycles. The second kappa shape index (κ2) is 8.83. The molecule has 0 saturated carbocycles. The van der Waals surface area contributed by atoms with Gasteiger partial charge in [-0.15, -0.1) is 0 Å². The zero-order valence-electron chi connectivity index (χ0n) is 18.1. The van der Waals surface area contributed by atoms with E-state index in [2.05, 4.69) is 22.1 Å². The molecule has 1 aliphatic heterocycles. The van der Waals surface area contributed by atoms with E-state index in [0.29, 0.717) is 22.4 Å². The molecule has 3 amide bonds. The normalized spacial score (nSPS) is 20.1. The quantitative estimate of drug-likeness (QED) is 0.592. The first-order chi connectivity index (χ1) is 15.8. The Morgan fingerprint density at radius 3 is 2.30 bits per heavy atom. The molecule has 0 aliphatic carbocycles. The van der Waals surface area contributed by atoms with E-state index >= 15 is 8.78 Å². The van der Waals surface area contributed by atoms with E-state index in [1.165, 1.54) is 0 Å². The van der Waals surface area contributed by atoms with Crippen LogP contribution in [0.2, 0.25) is 0 Å². The number of imide groups is 1. The number of nitrogens with one attached hydrogen (secondary N) is 1. The number of urea groups is 1. The fourth-order valence-corrected chi connectivity index (χ4v) is 4.12. The van der Waals surface area contributed by atoms with Crippen molar-refractivity contribution in [2.75, 3.05) is 4.90 Å². The summed E-state index contributed by atoms with van der Waals surface area (Å²) in [6.45, 7) is 3.49. The summed E-state index contributed by atoms with van der Waals surface area (Å²) in [5.74, 6) is 2.00. The minimum atomic E-state index is -1.07. The van der Waals surface area contributed by atoms with Crippen molar-refractivity contribution in [3.63, 3.8) is 0 Å². The second-order valence-electron chi connectivity index (χ2n) is 7.91. The first-order valence-electron chi connectivity index (χ1n) is 10.5. The van der Waals surface area contributed by atoms with Gasteiger partial charge >= 0.3 is 6.03 Å². The summed E-state index contributed by atoms with van der Waals surface area (Å²) in [5, 5.41) is 2.77. The maximum atomic E-state index is 15.0. The van der Waals surface area contributed by atoms with Crippen LogP contribution >= 0.6 is 0 Å². The van der Waals surface area contributed by atoms with Gasteiger partial charge in [-0.25, -0.2) is 18.5 Å². The van der Waals surface area contributed by atoms with Crippen LogP contribution < -0.4 is 10.2 Å². The standard InChI is InChI=1S/C26H21F2N3O2/c1-3-20-24(32)31(25(33)30-26(20,2)19-10-7-13-29-16-19)23-21(27)14-18(15-22(23)28)12-11-17-8-5-4-6-9-17/h4-10,13-16,20H,3H2,1-2H3,(H,30,33)/t20?,26-/m1/s1. The maximum Gasteiger partial charge on any atom is 0.329 e. The molecule has 4 rings (SSSR count). The van der Waals surface area contributed by atoms with Gasteiger partial charge < -0.3 is 5.32 Å². The first-order valence-corrected chi connectivity index (χ1v) is 10.5. The number of benzene rings is 2. The topological polar surface area (TPSA) is 62.3 Å². The van der Waals surface area contributed by atoms with Gasteiger partial charge in [-0.05, 0) is 49.2 Å². The van der Waals surface area contributed by atoms with Crippen LogP contribution in [0.5, 0.6) is 0 Å². The summed E-state index contributed by atoms with van der Waals surface area (Å²) in [6.07, 6.45) is 3.48. The molecule has 1 aromatic heterocycles. The average Bonchev–Trinajstić information content (AvgIpc) is 2.80. The highest BCUT2D eigenvalue weighted by molar-refractivity contribution is 6.17. The molecule has 0 spiro atoms. The summed E-state index contributed by atoms with van der Waals surface area (Å²) >= 11 is 0. The Balaban J connectivity index is 1.70. The van der Waals surface area contributed by atoms with Crippen molar-refractivity contribution in [1.29, 1.82) is 0 Å². The lowest BCUT2D eigenvalue weighted by molar-refractivity contribution is -0.125. The van der Waals surface area contributed by atoms with Crippen molar-refractivity contribution >= 4 is 17.6 Å². The third-order valence-corrected chi connectivity index (χ3v) is 5.82. The van der Waals surface area contributed by atoms with E-state index in [1.807, 2.05) is 6.07 Å². The Kier molecular flexibility index (Phi) is 5.93. The fourth-order valence-electron chi connectivity index (χ4n) is 4.12. The Morgan fingerprint density at radius 2 is 1.70 bits per heavy atom. The van der Waals surface area contributed by atoms with Gasteiger partial charge in [-0.2, -0.15) is 0 Å². The molecule has 33 heavy (non-hydrogen) atoms. The van der Waals surface area contributed by atoms with Crippen LogP contribution in [0.4, 0.5) is 19.3 Å². The lowest BCUT2D eigenvalue weighted by atomic mass is 9.76. The Morgan fingerprint density at radius 1 is 1.03 bits per heavy atom. The zero-order chi connectivity index (χ0) is 23.6. The van der Waals surface area contributed by atoms with Crippen molar-refractivity contribution in [3.8, 4) is 11.8 Å². The molecule has 2 aromatic carbocycles. The van der Waals surface area contributed by atoms with Gasteiger partial charge in [-0.3, -0.25) is 9.78 Å². The van der Waals surface area contributed by atoms with Crippen LogP contribution in [0.25, 0.3) is 0 Å². The molecule has 7 heteroatoms. The lowest BCUT2D eigenvalue weighted by Gasteiger charge is -2.44. The molecule has 1 fully saturated rings. The smallest absolute Gasteiger partial charge is 0.327 e. The molecule has 1 N–H and O–H groups in total. The molecule has 1 unspecified atom stereocenters. The van der Waals surface area contributed by atoms with Crippen LogP contribution in [0.15, 0.2) is 67.0 Å². The van der Waals surface area contributed by atoms with E-state index in [0.717, 1.165) is 12.1 Å². The number of amides is 3. The molecule has 0 bridgehead atoms. The predicted molar refractivity (Wildman–Crippen MR) is 120 cm³/mol. The molecule has 1 saturated heterocycles. The highest BCUT2D eigenvalue weighted by Crippen LogP contribution is 2.39. The van der Waals surface area contributed by atoms with Crippen LogP contribution in [-0.4, -0.2) is 16.9 Å². The lowest BCUT2D eigenvalue weighted by Crippen LogP contribution is -2.65. The number of pyridine rings is 1. The number of nitrogens with zero attached hydrogens (tertiary/aromatic N) is 2. The van der Waals surface area contributed by atoms with Crippen LogP contribution in [-0.2, 0) is 10.3 Å². The van der Waals surface area contributed by atoms with Gasteiger partial charge in [0, 0.05) is 23.5 Å². The van der Waals surface area contributed by atoms with Crippen molar-refractivity contribution in [1.82, 2.24) is 10.3 Å². The second-order valence-corrected chi connectivity index (χ2v) is 7.91. The molecule has 0 radical (unpaired) electrons. The number of carbonyl (C=O) groups is 2. The monoisotopic (exact) mass is 445 g/mol. The Labute approximate surface area is 190 Å². The predicted octanol–water partition coefficient (Wildman–Crippen LogP) is 4.76. The van der Waals surface area contributed by atoms with Crippen molar-refractivity contribution < 1.29 is 18.4 Å². The van der Waals surface area contributed by atoms with Crippen molar-refractivity contribution in [3.05, 3.63) is 95.3 Å². The van der Waals surface area contributed by atoms with Crippen molar-refractivity contribution in [2.45, 2.75) is 25.8 Å². The van der Waals surface area contributed by atoms with E-state index in [9.17, 15) is 9.59 Å². The Bertz CT molecular complexity index is 1250. The summed E-state index contributed by atoms with van der Waals surface area (Å²) in [7, 11) is 0. The SMILES string of the molecule is CCC1C(=O)N(c2c(F)cc(C#Cc3ccccc3)cc2F)C(=O)N[C@]1(C)c1cccnc1. The van der Waals surface area contributed by atoms with Crippen LogP contribution in [0.1, 0.15) is 37.0 Å². The molecule has 1 aliphatic rings. The van der Waals surface area contributed by atoms with Crippen LogP contribution in [0, 0.1) is 29.4 Å². The number of aromatic nitrogens is 1. The molecule has 3 aromatic rings. The molecule has 5 nitrogen and oxygen atoms in total. The van der Waals surface area contributed by atoms with E-state index in [1.54, 1.807) is 62.6 Å². The van der Waals surface area contributed by atoms with E-state index in [4.69, 9.17) is 0 Å². The highest BCUT2D eigenvalue weighted by atomic mass is 19.1. The van der Waals surface area contributed by atoms with E-state index in [-0.39, 0.29) is 5.56 Å². The van der Waals surface area contributed by atoms with Gasteiger partial charge in [0.1, 0.15) is 5.69 Å². The molecular weight excluding hydrogens is 424 g/mol. The Hall–Kier alpha value is -4.05. The van der Waals surface area contributed by atoms with E-state index < -0.39 is 40.7 Å². The molecule has 166 valence electrons. The minimum Gasteiger partial charge on any atom is -0.327 e. The number of halogens is 2. The van der Waals surface area contributed by atoms with Gasteiger partial charge in [0.05, 0.1) is 11.5 Å². The minimum absolute atomic E-state index is 0.0923. The van der Waals surface area contributed by atoms with Crippen molar-refractivity contribution in [2.24, 2.45) is 5.92 Å². The third-order valence-electron chi connectivity index (χ3n) is 5.82. The van der Waals surface area contributed by atoms with Gasteiger partial charge in [0.15, 0.2) is 11.6 Å². The zero-order valence-corrected chi connectivity index (χ0v) is 18.1. The van der Waals surface area contributed by atoms with Gasteiger partial charge in [0.25, 0.3) is 0 Å². The number of hydrogen-bond acceptors (Lipinski definition) is 3. The number of hydrogen-bond donors (Lipinski definition) is 1. The number of rotatable bonds is 3. The van der Waals surface area contributed by atoms with Gasteiger partial charge in [0.2, 0.25) is 5.91 Å². The summed E-state index contributed by atoms with van der Waals surface area (Å²) in [4.78, 5) is 30.9. The fraction of sp³-hybridized carbons (Fsp3) is 0.192. The summed E-state index contributed by atoms with van der Waals surface area (Å²) in [6, 6.07) is 13.6. The van der Waals surface area contributed by atoms with Crippen LogP contribution in [0.3, 0.4) is 0 Å². The number of carbonyl (C=O) groups excluding carboxylic acids is 2. The molecule has 2 atom stereocenters. The largest absolute Gasteiger partial charge is 0.329 e.